The Morgan fingerprint density at radius 3 is 2.44 bits per heavy atom. The second-order valence-corrected chi connectivity index (χ2v) is 6.81. The van der Waals surface area contributed by atoms with Gasteiger partial charge in [0.2, 0.25) is 5.91 Å². The Balaban J connectivity index is 1.67. The van der Waals surface area contributed by atoms with Crippen LogP contribution in [0.25, 0.3) is 0 Å². The topological polar surface area (TPSA) is 65.5 Å². The van der Waals surface area contributed by atoms with Crippen molar-refractivity contribution >= 4 is 23.3 Å². The number of amides is 2. The molecule has 2 amide bonds. The van der Waals surface area contributed by atoms with E-state index in [0.29, 0.717) is 24.3 Å². The van der Waals surface area contributed by atoms with Gasteiger partial charge >= 0.3 is 0 Å². The van der Waals surface area contributed by atoms with Crippen LogP contribution in [0.1, 0.15) is 30.6 Å². The molecular formula is C21H26N4O2. The minimum absolute atomic E-state index is 0.0456. The molecule has 1 aromatic carbocycles. The fourth-order valence-corrected chi connectivity index (χ4v) is 3.07. The monoisotopic (exact) mass is 366 g/mol. The van der Waals surface area contributed by atoms with Gasteiger partial charge in [0.05, 0.1) is 11.3 Å². The summed E-state index contributed by atoms with van der Waals surface area (Å²) in [6.45, 7) is 6.60. The van der Waals surface area contributed by atoms with Gasteiger partial charge < -0.3 is 15.1 Å². The summed E-state index contributed by atoms with van der Waals surface area (Å²) in [4.78, 5) is 33.7. The number of benzene rings is 1. The number of para-hydroxylation sites is 1. The van der Waals surface area contributed by atoms with Crippen LogP contribution in [-0.2, 0) is 4.79 Å². The standard InChI is InChI=1S/C21H26N4O2/c1-3-16(2)20(26)23-18-9-5-4-8-17(18)21(27)25-14-12-24(13-15-25)19-10-6-7-11-22-19/h4-11,16H,3,12-15H2,1-2H3,(H,23,26). The molecular weight excluding hydrogens is 340 g/mol. The average Bonchev–Trinajstić information content (AvgIpc) is 2.73. The van der Waals surface area contributed by atoms with Gasteiger partial charge in [0.1, 0.15) is 5.82 Å². The highest BCUT2D eigenvalue weighted by molar-refractivity contribution is 6.04. The molecule has 6 heteroatoms. The Kier molecular flexibility index (Phi) is 6.06. The Hall–Kier alpha value is -2.89. The molecule has 2 aromatic rings. The molecule has 2 heterocycles. The fraction of sp³-hybridized carbons (Fsp3) is 0.381. The number of anilines is 2. The third-order valence-electron chi connectivity index (χ3n) is 5.02. The molecule has 1 unspecified atom stereocenters. The zero-order valence-corrected chi connectivity index (χ0v) is 15.9. The van der Waals surface area contributed by atoms with Crippen LogP contribution >= 0.6 is 0 Å². The lowest BCUT2D eigenvalue weighted by Gasteiger charge is -2.35. The predicted octanol–water partition coefficient (Wildman–Crippen LogP) is 3.03. The Labute approximate surface area is 160 Å². The number of nitrogens with zero attached hydrogens (tertiary/aromatic N) is 3. The second-order valence-electron chi connectivity index (χ2n) is 6.81. The number of hydrogen-bond donors (Lipinski definition) is 1. The zero-order chi connectivity index (χ0) is 19.2. The van der Waals surface area contributed by atoms with Crippen LogP contribution in [0.3, 0.4) is 0 Å². The van der Waals surface area contributed by atoms with Crippen LogP contribution in [0.2, 0.25) is 0 Å². The normalized spacial score (nSPS) is 15.3. The molecule has 1 aromatic heterocycles. The Morgan fingerprint density at radius 1 is 1.07 bits per heavy atom. The summed E-state index contributed by atoms with van der Waals surface area (Å²) >= 11 is 0. The number of nitrogens with one attached hydrogen (secondary N) is 1. The molecule has 1 N–H and O–H groups in total. The first-order chi connectivity index (χ1) is 13.1. The van der Waals surface area contributed by atoms with E-state index >= 15 is 0 Å². The van der Waals surface area contributed by atoms with Crippen molar-refractivity contribution in [1.29, 1.82) is 0 Å². The van der Waals surface area contributed by atoms with E-state index in [9.17, 15) is 9.59 Å². The molecule has 1 saturated heterocycles. The molecule has 1 aliphatic rings. The minimum Gasteiger partial charge on any atom is -0.353 e. The van der Waals surface area contributed by atoms with Crippen LogP contribution in [0.5, 0.6) is 0 Å². The van der Waals surface area contributed by atoms with Gasteiger partial charge in [-0.05, 0) is 30.7 Å². The number of piperazine rings is 1. The van der Waals surface area contributed by atoms with E-state index in [2.05, 4.69) is 15.2 Å². The molecule has 27 heavy (non-hydrogen) atoms. The average molecular weight is 366 g/mol. The molecule has 0 aliphatic carbocycles. The molecule has 0 spiro atoms. The first kappa shape index (κ1) is 18.9. The molecule has 0 saturated carbocycles. The maximum Gasteiger partial charge on any atom is 0.256 e. The van der Waals surface area contributed by atoms with E-state index in [1.807, 2.05) is 49.1 Å². The number of rotatable bonds is 5. The summed E-state index contributed by atoms with van der Waals surface area (Å²) in [5.41, 5.74) is 1.13. The molecule has 3 rings (SSSR count). The van der Waals surface area contributed by atoms with Gasteiger partial charge in [0, 0.05) is 38.3 Å². The summed E-state index contributed by atoms with van der Waals surface area (Å²) in [6.07, 6.45) is 2.54. The molecule has 1 aliphatic heterocycles. The van der Waals surface area contributed by atoms with E-state index in [1.165, 1.54) is 0 Å². The first-order valence-corrected chi connectivity index (χ1v) is 9.45. The van der Waals surface area contributed by atoms with Crippen molar-refractivity contribution < 1.29 is 9.59 Å². The van der Waals surface area contributed by atoms with Gasteiger partial charge in [0.15, 0.2) is 0 Å². The van der Waals surface area contributed by atoms with E-state index < -0.39 is 0 Å². The van der Waals surface area contributed by atoms with Gasteiger partial charge in [-0.15, -0.1) is 0 Å². The zero-order valence-electron chi connectivity index (χ0n) is 15.9. The SMILES string of the molecule is CCC(C)C(=O)Nc1ccccc1C(=O)N1CCN(c2ccccn2)CC1. The van der Waals surface area contributed by atoms with Crippen LogP contribution in [0.15, 0.2) is 48.7 Å². The fourth-order valence-electron chi connectivity index (χ4n) is 3.07. The van der Waals surface area contributed by atoms with E-state index in [1.54, 1.807) is 18.3 Å². The van der Waals surface area contributed by atoms with Gasteiger partial charge in [0.25, 0.3) is 5.91 Å². The van der Waals surface area contributed by atoms with Crippen molar-refractivity contribution in [2.45, 2.75) is 20.3 Å². The number of hydrogen-bond acceptors (Lipinski definition) is 4. The largest absolute Gasteiger partial charge is 0.353 e. The van der Waals surface area contributed by atoms with Gasteiger partial charge in [-0.25, -0.2) is 4.98 Å². The quantitative estimate of drug-likeness (QED) is 0.883. The molecule has 6 nitrogen and oxygen atoms in total. The summed E-state index contributed by atoms with van der Waals surface area (Å²) in [5.74, 6) is 0.745. The lowest BCUT2D eigenvalue weighted by Crippen LogP contribution is -2.49. The van der Waals surface area contributed by atoms with Crippen molar-refractivity contribution in [2.24, 2.45) is 5.92 Å². The second kappa shape index (κ2) is 8.66. The number of carbonyl (C=O) groups excluding carboxylic acids is 2. The summed E-state index contributed by atoms with van der Waals surface area (Å²) in [5, 5.41) is 2.91. The van der Waals surface area contributed by atoms with Crippen LogP contribution < -0.4 is 10.2 Å². The van der Waals surface area contributed by atoms with Crippen molar-refractivity contribution in [3.8, 4) is 0 Å². The highest BCUT2D eigenvalue weighted by Gasteiger charge is 2.25. The highest BCUT2D eigenvalue weighted by atomic mass is 16.2. The van der Waals surface area contributed by atoms with Crippen molar-refractivity contribution in [3.63, 3.8) is 0 Å². The summed E-state index contributed by atoms with van der Waals surface area (Å²) in [6, 6.07) is 13.1. The van der Waals surface area contributed by atoms with Gasteiger partial charge in [-0.3, -0.25) is 9.59 Å². The maximum absolute atomic E-state index is 13.0. The number of aromatic nitrogens is 1. The van der Waals surface area contributed by atoms with Gasteiger partial charge in [-0.1, -0.05) is 32.0 Å². The predicted molar refractivity (Wildman–Crippen MR) is 107 cm³/mol. The number of carbonyl (C=O) groups is 2. The van der Waals surface area contributed by atoms with Crippen molar-refractivity contribution in [3.05, 3.63) is 54.2 Å². The highest BCUT2D eigenvalue weighted by Crippen LogP contribution is 2.20. The molecule has 1 atom stereocenters. The minimum atomic E-state index is -0.0879. The van der Waals surface area contributed by atoms with Crippen LogP contribution in [0, 0.1) is 5.92 Å². The van der Waals surface area contributed by atoms with E-state index in [-0.39, 0.29) is 17.7 Å². The summed E-state index contributed by atoms with van der Waals surface area (Å²) < 4.78 is 0. The van der Waals surface area contributed by atoms with Crippen LogP contribution in [0.4, 0.5) is 11.5 Å². The Bertz CT molecular complexity index is 786. The third-order valence-corrected chi connectivity index (χ3v) is 5.02. The van der Waals surface area contributed by atoms with E-state index in [4.69, 9.17) is 0 Å². The van der Waals surface area contributed by atoms with E-state index in [0.717, 1.165) is 25.3 Å². The lowest BCUT2D eigenvalue weighted by molar-refractivity contribution is -0.119. The van der Waals surface area contributed by atoms with Crippen LogP contribution in [-0.4, -0.2) is 47.9 Å². The lowest BCUT2D eigenvalue weighted by atomic mass is 10.1. The maximum atomic E-state index is 13.0. The molecule has 0 radical (unpaired) electrons. The van der Waals surface area contributed by atoms with Gasteiger partial charge in [-0.2, -0.15) is 0 Å². The summed E-state index contributed by atoms with van der Waals surface area (Å²) in [7, 11) is 0. The molecule has 0 bridgehead atoms. The van der Waals surface area contributed by atoms with Crippen molar-refractivity contribution in [1.82, 2.24) is 9.88 Å². The molecule has 1 fully saturated rings. The third kappa shape index (κ3) is 4.45. The van der Waals surface area contributed by atoms with Crippen molar-refractivity contribution in [2.75, 3.05) is 36.4 Å². The first-order valence-electron chi connectivity index (χ1n) is 9.45. The smallest absolute Gasteiger partial charge is 0.256 e. The molecule has 142 valence electrons. The Morgan fingerprint density at radius 2 is 1.78 bits per heavy atom. The number of pyridine rings is 1.